The molecule has 1 fully saturated rings. The van der Waals surface area contributed by atoms with E-state index in [1.807, 2.05) is 13.0 Å². The molecule has 118 valence electrons. The highest BCUT2D eigenvalue weighted by atomic mass is 19.1. The minimum absolute atomic E-state index is 0.105. The Morgan fingerprint density at radius 1 is 1.33 bits per heavy atom. The van der Waals surface area contributed by atoms with E-state index in [2.05, 4.69) is 44.0 Å². The molecule has 21 heavy (non-hydrogen) atoms. The summed E-state index contributed by atoms with van der Waals surface area (Å²) in [6.07, 6.45) is 2.19. The molecular weight excluding hydrogens is 263 g/mol. The van der Waals surface area contributed by atoms with E-state index in [4.69, 9.17) is 0 Å². The molecule has 1 N–H and O–H groups in total. The number of benzene rings is 1. The predicted molar refractivity (Wildman–Crippen MR) is 88.4 cm³/mol. The second-order valence-electron chi connectivity index (χ2n) is 6.69. The van der Waals surface area contributed by atoms with Crippen LogP contribution in [0, 0.1) is 18.7 Å². The van der Waals surface area contributed by atoms with Crippen molar-refractivity contribution in [2.75, 3.05) is 18.0 Å². The molecule has 0 spiro atoms. The number of anilines is 1. The van der Waals surface area contributed by atoms with Gasteiger partial charge in [0.05, 0.1) is 0 Å². The van der Waals surface area contributed by atoms with Crippen LogP contribution in [-0.4, -0.2) is 24.7 Å². The number of halogens is 1. The summed E-state index contributed by atoms with van der Waals surface area (Å²) in [5.41, 5.74) is 1.97. The van der Waals surface area contributed by atoms with Crippen LogP contribution in [0.4, 0.5) is 10.1 Å². The van der Waals surface area contributed by atoms with Gasteiger partial charge in [-0.15, -0.1) is 0 Å². The van der Waals surface area contributed by atoms with Crippen molar-refractivity contribution in [3.63, 3.8) is 0 Å². The van der Waals surface area contributed by atoms with Crippen molar-refractivity contribution in [1.29, 1.82) is 0 Å². The second-order valence-corrected chi connectivity index (χ2v) is 6.69. The van der Waals surface area contributed by atoms with Crippen molar-refractivity contribution in [2.45, 2.75) is 59.0 Å². The third-order valence-electron chi connectivity index (χ3n) is 5.23. The average molecular weight is 292 g/mol. The van der Waals surface area contributed by atoms with Crippen LogP contribution < -0.4 is 10.2 Å². The topological polar surface area (TPSA) is 15.3 Å². The normalized spacial score (nSPS) is 21.9. The van der Waals surface area contributed by atoms with Gasteiger partial charge in [-0.2, -0.15) is 0 Å². The van der Waals surface area contributed by atoms with Gasteiger partial charge in [0.2, 0.25) is 0 Å². The van der Waals surface area contributed by atoms with E-state index in [1.54, 1.807) is 6.07 Å². The molecule has 0 aromatic heterocycles. The van der Waals surface area contributed by atoms with E-state index in [9.17, 15) is 4.39 Å². The van der Waals surface area contributed by atoms with Crippen molar-refractivity contribution in [3.8, 4) is 0 Å². The molecular formula is C18H29FN2. The Labute approximate surface area is 128 Å². The molecule has 2 nitrogen and oxygen atoms in total. The molecule has 0 radical (unpaired) electrons. The van der Waals surface area contributed by atoms with Gasteiger partial charge in [0.25, 0.3) is 0 Å². The zero-order valence-corrected chi connectivity index (χ0v) is 14.0. The first-order valence-electron chi connectivity index (χ1n) is 8.21. The molecule has 3 heteroatoms. The monoisotopic (exact) mass is 292 g/mol. The van der Waals surface area contributed by atoms with Crippen LogP contribution in [0.15, 0.2) is 18.2 Å². The highest BCUT2D eigenvalue weighted by molar-refractivity contribution is 5.55. The van der Waals surface area contributed by atoms with Crippen LogP contribution in [0.25, 0.3) is 0 Å². The molecule has 1 atom stereocenters. The Morgan fingerprint density at radius 3 is 2.57 bits per heavy atom. The van der Waals surface area contributed by atoms with Gasteiger partial charge in [-0.1, -0.05) is 33.8 Å². The van der Waals surface area contributed by atoms with Gasteiger partial charge < -0.3 is 10.2 Å². The first kappa shape index (κ1) is 16.3. The highest BCUT2D eigenvalue weighted by Gasteiger charge is 2.38. The number of piperazine rings is 1. The Hall–Kier alpha value is -1.09. The third kappa shape index (κ3) is 3.08. The minimum Gasteiger partial charge on any atom is -0.365 e. The van der Waals surface area contributed by atoms with Crippen molar-refractivity contribution >= 4 is 5.69 Å². The summed E-state index contributed by atoms with van der Waals surface area (Å²) in [7, 11) is 0. The van der Waals surface area contributed by atoms with Gasteiger partial charge in [0.1, 0.15) is 5.82 Å². The first-order valence-corrected chi connectivity index (χ1v) is 8.21. The molecule has 1 aromatic rings. The summed E-state index contributed by atoms with van der Waals surface area (Å²) in [5, 5.41) is 3.76. The predicted octanol–water partition coefficient (Wildman–Crippen LogP) is 4.13. The number of hydrogen-bond donors (Lipinski definition) is 1. The maximum Gasteiger partial charge on any atom is 0.128 e. The van der Waals surface area contributed by atoms with E-state index >= 15 is 0 Å². The van der Waals surface area contributed by atoms with Crippen molar-refractivity contribution in [3.05, 3.63) is 29.6 Å². The number of rotatable bonds is 4. The van der Waals surface area contributed by atoms with Gasteiger partial charge in [0, 0.05) is 35.9 Å². The maximum atomic E-state index is 14.0. The Morgan fingerprint density at radius 2 is 2.00 bits per heavy atom. The Kier molecular flexibility index (Phi) is 4.92. The lowest BCUT2D eigenvalue weighted by Gasteiger charge is -2.50. The second kappa shape index (κ2) is 6.35. The van der Waals surface area contributed by atoms with Gasteiger partial charge in [-0.05, 0) is 37.8 Å². The first-order chi connectivity index (χ1) is 9.94. The van der Waals surface area contributed by atoms with E-state index in [0.717, 1.165) is 37.2 Å². The summed E-state index contributed by atoms with van der Waals surface area (Å²) < 4.78 is 14.0. The zero-order valence-electron chi connectivity index (χ0n) is 14.0. The van der Waals surface area contributed by atoms with Crippen LogP contribution in [0.2, 0.25) is 0 Å². The molecule has 1 unspecified atom stereocenters. The largest absolute Gasteiger partial charge is 0.365 e. The van der Waals surface area contributed by atoms with Gasteiger partial charge in [-0.25, -0.2) is 4.39 Å². The lowest BCUT2D eigenvalue weighted by Crippen LogP contribution is -2.65. The summed E-state index contributed by atoms with van der Waals surface area (Å²) in [6.45, 7) is 12.8. The molecule has 1 saturated heterocycles. The quantitative estimate of drug-likeness (QED) is 0.897. The van der Waals surface area contributed by atoms with Crippen LogP contribution in [0.5, 0.6) is 0 Å². The average Bonchev–Trinajstić information content (AvgIpc) is 2.49. The van der Waals surface area contributed by atoms with Crippen molar-refractivity contribution in [1.82, 2.24) is 5.32 Å². The molecule has 0 aliphatic carbocycles. The fraction of sp³-hybridized carbons (Fsp3) is 0.667. The van der Waals surface area contributed by atoms with E-state index < -0.39 is 0 Å². The Balaban J connectivity index is 2.41. The van der Waals surface area contributed by atoms with Crippen molar-refractivity contribution < 1.29 is 4.39 Å². The zero-order chi connectivity index (χ0) is 15.6. The summed E-state index contributed by atoms with van der Waals surface area (Å²) >= 11 is 0. The van der Waals surface area contributed by atoms with Crippen LogP contribution in [0.3, 0.4) is 0 Å². The SMILES string of the molecule is CCC1(CC)CN(c2cccc(F)c2C)C(C(C)C)CN1. The molecule has 1 aliphatic heterocycles. The number of nitrogens with one attached hydrogen (secondary N) is 1. The standard InChI is InChI=1S/C18H29FN2/c1-6-18(7-2)12-21(17(11-20-18)13(3)4)16-10-8-9-15(19)14(16)5/h8-10,13,17,20H,6-7,11-12H2,1-5H3. The van der Waals surface area contributed by atoms with Crippen molar-refractivity contribution in [2.24, 2.45) is 5.92 Å². The summed E-state index contributed by atoms with van der Waals surface area (Å²) in [4.78, 5) is 2.44. The minimum atomic E-state index is -0.105. The molecule has 0 amide bonds. The molecule has 2 rings (SSSR count). The molecule has 1 heterocycles. The Bertz CT molecular complexity index is 480. The molecule has 1 aromatic carbocycles. The molecule has 0 saturated carbocycles. The molecule has 1 aliphatic rings. The highest BCUT2D eigenvalue weighted by Crippen LogP contribution is 2.32. The van der Waals surface area contributed by atoms with E-state index in [0.29, 0.717) is 12.0 Å². The number of nitrogens with zero attached hydrogens (tertiary/aromatic N) is 1. The lowest BCUT2D eigenvalue weighted by molar-refractivity contribution is 0.227. The van der Waals surface area contributed by atoms with E-state index in [1.165, 1.54) is 0 Å². The third-order valence-corrected chi connectivity index (χ3v) is 5.23. The fourth-order valence-corrected chi connectivity index (χ4v) is 3.42. The summed E-state index contributed by atoms with van der Waals surface area (Å²) in [5.74, 6) is 0.430. The fourth-order valence-electron chi connectivity index (χ4n) is 3.42. The maximum absolute atomic E-state index is 14.0. The van der Waals surface area contributed by atoms with Crippen LogP contribution in [-0.2, 0) is 0 Å². The van der Waals surface area contributed by atoms with E-state index in [-0.39, 0.29) is 11.4 Å². The summed E-state index contributed by atoms with van der Waals surface area (Å²) in [6, 6.07) is 5.86. The smallest absolute Gasteiger partial charge is 0.128 e. The number of hydrogen-bond acceptors (Lipinski definition) is 2. The molecule has 0 bridgehead atoms. The lowest BCUT2D eigenvalue weighted by atomic mass is 9.85. The van der Waals surface area contributed by atoms with Crippen LogP contribution >= 0.6 is 0 Å². The van der Waals surface area contributed by atoms with Gasteiger partial charge >= 0.3 is 0 Å². The van der Waals surface area contributed by atoms with Gasteiger partial charge in [-0.3, -0.25) is 0 Å². The van der Waals surface area contributed by atoms with Crippen LogP contribution in [0.1, 0.15) is 46.1 Å². The van der Waals surface area contributed by atoms with Gasteiger partial charge in [0.15, 0.2) is 0 Å².